The van der Waals surface area contributed by atoms with Crippen molar-refractivity contribution in [3.8, 4) is 5.75 Å². The second-order valence-electron chi connectivity index (χ2n) is 7.30. The Morgan fingerprint density at radius 3 is 2.47 bits per heavy atom. The molecule has 1 amide bonds. The van der Waals surface area contributed by atoms with E-state index in [1.165, 1.54) is 24.8 Å². The molecule has 30 heavy (non-hydrogen) atoms. The third kappa shape index (κ3) is 8.20. The Kier molecular flexibility index (Phi) is 11.0. The molecule has 1 aliphatic rings. The molecule has 1 heterocycles. The van der Waals surface area contributed by atoms with Crippen LogP contribution in [0.4, 0.5) is 0 Å². The van der Waals surface area contributed by atoms with Crippen molar-refractivity contribution >= 4 is 11.9 Å². The summed E-state index contributed by atoms with van der Waals surface area (Å²) in [5.41, 5.74) is 1.25. The molecule has 0 aliphatic carbocycles. The van der Waals surface area contributed by atoms with Crippen LogP contribution in [0, 0.1) is 0 Å². The van der Waals surface area contributed by atoms with Gasteiger partial charge in [-0.05, 0) is 50.6 Å². The third-order valence-electron chi connectivity index (χ3n) is 5.15. The maximum Gasteiger partial charge on any atom is 0.241 e. The molecule has 2 rings (SSSR count). The molecule has 0 saturated carbocycles. The van der Waals surface area contributed by atoms with E-state index in [2.05, 4.69) is 38.0 Å². The third-order valence-corrected chi connectivity index (χ3v) is 5.15. The minimum Gasteiger partial charge on any atom is -0.497 e. The van der Waals surface area contributed by atoms with E-state index in [1.807, 2.05) is 19.1 Å². The summed E-state index contributed by atoms with van der Waals surface area (Å²) >= 11 is 0. The zero-order chi connectivity index (χ0) is 21.6. The fourth-order valence-electron chi connectivity index (χ4n) is 3.55. The van der Waals surface area contributed by atoms with Crippen LogP contribution < -0.4 is 20.7 Å². The number of methoxy groups -OCH3 is 2. The summed E-state index contributed by atoms with van der Waals surface area (Å²) in [7, 11) is 3.29. The molecule has 8 nitrogen and oxygen atoms in total. The van der Waals surface area contributed by atoms with Crippen LogP contribution in [0.2, 0.25) is 0 Å². The molecule has 1 saturated heterocycles. The second-order valence-corrected chi connectivity index (χ2v) is 7.30. The monoisotopic (exact) mass is 419 g/mol. The van der Waals surface area contributed by atoms with Crippen LogP contribution in [0.25, 0.3) is 0 Å². The van der Waals surface area contributed by atoms with E-state index in [0.29, 0.717) is 25.7 Å². The fourth-order valence-corrected chi connectivity index (χ4v) is 3.55. The minimum atomic E-state index is -0.119. The zero-order valence-electron chi connectivity index (χ0n) is 18.6. The summed E-state index contributed by atoms with van der Waals surface area (Å²) in [5.74, 6) is 1.39. The van der Waals surface area contributed by atoms with Crippen LogP contribution in [-0.4, -0.2) is 76.9 Å². The standard InChI is InChI=1S/C22H37N5O3/c1-4-23-22(26-17-21(28)24-12-15-29-2)25-16-20(27-13-6-5-7-14-27)18-8-10-19(30-3)11-9-18/h8-11,20H,4-7,12-17H2,1-3H3,(H,24,28)(H2,23,25,26). The Labute approximate surface area is 180 Å². The lowest BCUT2D eigenvalue weighted by Gasteiger charge is -2.35. The van der Waals surface area contributed by atoms with Crippen LogP contribution >= 0.6 is 0 Å². The topological polar surface area (TPSA) is 87.2 Å². The first-order valence-corrected chi connectivity index (χ1v) is 10.8. The number of nitrogens with one attached hydrogen (secondary N) is 3. The van der Waals surface area contributed by atoms with Crippen molar-refractivity contribution in [3.63, 3.8) is 0 Å². The van der Waals surface area contributed by atoms with E-state index >= 15 is 0 Å². The maximum absolute atomic E-state index is 11.9. The quantitative estimate of drug-likeness (QED) is 0.287. The van der Waals surface area contributed by atoms with Crippen LogP contribution in [0.5, 0.6) is 5.75 Å². The average molecular weight is 420 g/mol. The molecular weight excluding hydrogens is 382 g/mol. The first kappa shape index (κ1) is 24.0. The highest BCUT2D eigenvalue weighted by molar-refractivity contribution is 5.84. The molecule has 8 heteroatoms. The Morgan fingerprint density at radius 1 is 1.10 bits per heavy atom. The van der Waals surface area contributed by atoms with E-state index in [4.69, 9.17) is 9.47 Å². The number of piperidine rings is 1. The van der Waals surface area contributed by atoms with Crippen molar-refractivity contribution in [3.05, 3.63) is 29.8 Å². The molecule has 0 aromatic heterocycles. The summed E-state index contributed by atoms with van der Waals surface area (Å²) in [6.45, 7) is 6.70. The van der Waals surface area contributed by atoms with E-state index in [-0.39, 0.29) is 18.5 Å². The van der Waals surface area contributed by atoms with Gasteiger partial charge in [0, 0.05) is 26.7 Å². The number of guanidine groups is 1. The van der Waals surface area contributed by atoms with Gasteiger partial charge in [0.1, 0.15) is 12.3 Å². The number of hydrogen-bond acceptors (Lipinski definition) is 5. The normalized spacial score (nSPS) is 16.0. The lowest BCUT2D eigenvalue weighted by atomic mass is 10.0. The lowest BCUT2D eigenvalue weighted by Crippen LogP contribution is -2.45. The number of hydrogen-bond donors (Lipinski definition) is 3. The summed E-state index contributed by atoms with van der Waals surface area (Å²) in [6, 6.07) is 8.52. The highest BCUT2D eigenvalue weighted by atomic mass is 16.5. The smallest absolute Gasteiger partial charge is 0.241 e. The van der Waals surface area contributed by atoms with E-state index < -0.39 is 0 Å². The molecule has 3 N–H and O–H groups in total. The molecule has 168 valence electrons. The highest BCUT2D eigenvalue weighted by Crippen LogP contribution is 2.25. The van der Waals surface area contributed by atoms with Gasteiger partial charge in [-0.25, -0.2) is 4.99 Å². The summed E-state index contributed by atoms with van der Waals surface area (Å²) < 4.78 is 10.3. The van der Waals surface area contributed by atoms with E-state index in [9.17, 15) is 4.79 Å². The van der Waals surface area contributed by atoms with Crippen LogP contribution in [-0.2, 0) is 9.53 Å². The molecule has 1 atom stereocenters. The number of amides is 1. The first-order valence-electron chi connectivity index (χ1n) is 10.8. The van der Waals surface area contributed by atoms with Gasteiger partial charge in [0.2, 0.25) is 5.91 Å². The molecule has 0 bridgehead atoms. The predicted octanol–water partition coefficient (Wildman–Crippen LogP) is 1.54. The second kappa shape index (κ2) is 13.8. The molecular formula is C22H37N5O3. The molecule has 1 aromatic rings. The number of aliphatic imine (C=N–C) groups is 1. The number of nitrogens with zero attached hydrogens (tertiary/aromatic N) is 2. The predicted molar refractivity (Wildman–Crippen MR) is 120 cm³/mol. The molecule has 0 spiro atoms. The number of ether oxygens (including phenoxy) is 2. The fraction of sp³-hybridized carbons (Fsp3) is 0.636. The van der Waals surface area contributed by atoms with Crippen molar-refractivity contribution in [1.29, 1.82) is 0 Å². The Balaban J connectivity index is 2.02. The average Bonchev–Trinajstić information content (AvgIpc) is 2.79. The van der Waals surface area contributed by atoms with Crippen LogP contribution in [0.15, 0.2) is 29.3 Å². The van der Waals surface area contributed by atoms with Gasteiger partial charge >= 0.3 is 0 Å². The molecule has 0 radical (unpaired) electrons. The number of carbonyl (C=O) groups is 1. The first-order chi connectivity index (χ1) is 14.7. The van der Waals surface area contributed by atoms with Crippen LogP contribution in [0.3, 0.4) is 0 Å². The van der Waals surface area contributed by atoms with Gasteiger partial charge in [-0.3, -0.25) is 9.69 Å². The summed E-state index contributed by atoms with van der Waals surface area (Å²) in [5, 5.41) is 9.45. The number of benzene rings is 1. The van der Waals surface area contributed by atoms with E-state index in [0.717, 1.165) is 25.4 Å². The number of rotatable bonds is 11. The Hall–Kier alpha value is -2.32. The summed E-state index contributed by atoms with van der Waals surface area (Å²) in [4.78, 5) is 18.9. The number of carbonyl (C=O) groups excluding carboxylic acids is 1. The molecule has 1 fully saturated rings. The minimum absolute atomic E-state index is 0.0793. The van der Waals surface area contributed by atoms with E-state index in [1.54, 1.807) is 14.2 Å². The van der Waals surface area contributed by atoms with Crippen LogP contribution in [0.1, 0.15) is 37.8 Å². The molecule has 1 aliphatic heterocycles. The van der Waals surface area contributed by atoms with Gasteiger partial charge < -0.3 is 25.4 Å². The van der Waals surface area contributed by atoms with Gasteiger partial charge in [-0.1, -0.05) is 18.6 Å². The largest absolute Gasteiger partial charge is 0.497 e. The van der Waals surface area contributed by atoms with Crippen molar-refractivity contribution in [2.75, 3.05) is 60.1 Å². The van der Waals surface area contributed by atoms with Gasteiger partial charge in [0.25, 0.3) is 0 Å². The van der Waals surface area contributed by atoms with Crippen molar-refractivity contribution < 1.29 is 14.3 Å². The maximum atomic E-state index is 11.9. The Morgan fingerprint density at radius 2 is 1.83 bits per heavy atom. The zero-order valence-corrected chi connectivity index (χ0v) is 18.6. The number of likely N-dealkylation sites (tertiary alicyclic amines) is 1. The summed E-state index contributed by atoms with van der Waals surface area (Å²) in [6.07, 6.45) is 3.74. The molecule has 1 aromatic carbocycles. The van der Waals surface area contributed by atoms with Crippen molar-refractivity contribution in [1.82, 2.24) is 20.9 Å². The van der Waals surface area contributed by atoms with Crippen molar-refractivity contribution in [2.24, 2.45) is 4.99 Å². The van der Waals surface area contributed by atoms with Gasteiger partial charge in [0.15, 0.2) is 5.96 Å². The molecule has 1 unspecified atom stereocenters. The van der Waals surface area contributed by atoms with Gasteiger partial charge in [0.05, 0.1) is 19.8 Å². The van der Waals surface area contributed by atoms with Crippen molar-refractivity contribution in [2.45, 2.75) is 32.2 Å². The van der Waals surface area contributed by atoms with Gasteiger partial charge in [-0.15, -0.1) is 0 Å². The highest BCUT2D eigenvalue weighted by Gasteiger charge is 2.22. The Bertz CT molecular complexity index is 645. The van der Waals surface area contributed by atoms with Gasteiger partial charge in [-0.2, -0.15) is 0 Å². The lowest BCUT2D eigenvalue weighted by molar-refractivity contribution is -0.119. The SMILES string of the molecule is CCNC(=NCC(=O)NCCOC)NCC(c1ccc(OC)cc1)N1CCCCC1.